The summed E-state index contributed by atoms with van der Waals surface area (Å²) in [5.41, 5.74) is 0. The largest absolute Gasteiger partial charge is 0.482 e. The predicted molar refractivity (Wildman–Crippen MR) is 73.0 cm³/mol. The quantitative estimate of drug-likeness (QED) is 0.758. The van der Waals surface area contributed by atoms with Gasteiger partial charge in [-0.1, -0.05) is 11.6 Å². The summed E-state index contributed by atoms with van der Waals surface area (Å²) < 4.78 is 22.9. The SMILES string of the molecule is COC(CNC(=O)COc1ccc(F)cc1Cl)CC(=O)O. The van der Waals surface area contributed by atoms with E-state index in [-0.39, 0.29) is 30.3 Å². The third kappa shape index (κ3) is 6.42. The zero-order valence-electron chi connectivity index (χ0n) is 11.3. The van der Waals surface area contributed by atoms with Crippen molar-refractivity contribution in [2.75, 3.05) is 20.3 Å². The highest BCUT2D eigenvalue weighted by Crippen LogP contribution is 2.24. The van der Waals surface area contributed by atoms with Crippen molar-refractivity contribution < 1.29 is 28.6 Å². The van der Waals surface area contributed by atoms with Gasteiger partial charge in [0, 0.05) is 13.7 Å². The first-order chi connectivity index (χ1) is 9.92. The molecule has 1 amide bonds. The predicted octanol–water partition coefficient (Wildman–Crippen LogP) is 1.46. The molecule has 1 unspecified atom stereocenters. The molecular formula is C13H15ClFNO5. The van der Waals surface area contributed by atoms with Gasteiger partial charge in [0.05, 0.1) is 17.5 Å². The molecule has 0 aromatic heterocycles. The van der Waals surface area contributed by atoms with Crippen molar-refractivity contribution in [3.8, 4) is 5.75 Å². The number of benzene rings is 1. The van der Waals surface area contributed by atoms with Crippen LogP contribution in [0.5, 0.6) is 5.75 Å². The minimum atomic E-state index is -1.02. The molecule has 21 heavy (non-hydrogen) atoms. The van der Waals surface area contributed by atoms with Crippen LogP contribution in [0.4, 0.5) is 4.39 Å². The molecule has 1 aromatic rings. The molecule has 6 nitrogen and oxygen atoms in total. The van der Waals surface area contributed by atoms with Gasteiger partial charge >= 0.3 is 5.97 Å². The summed E-state index contributed by atoms with van der Waals surface area (Å²) in [6.45, 7) is -0.281. The van der Waals surface area contributed by atoms with Crippen LogP contribution in [-0.2, 0) is 14.3 Å². The average molecular weight is 320 g/mol. The van der Waals surface area contributed by atoms with E-state index in [1.54, 1.807) is 0 Å². The van der Waals surface area contributed by atoms with E-state index in [0.717, 1.165) is 12.1 Å². The number of carboxylic acids is 1. The summed E-state index contributed by atoms with van der Waals surface area (Å²) in [6.07, 6.45) is -0.845. The van der Waals surface area contributed by atoms with Gasteiger partial charge in [-0.2, -0.15) is 0 Å². The molecule has 0 radical (unpaired) electrons. The van der Waals surface area contributed by atoms with E-state index in [9.17, 15) is 14.0 Å². The summed E-state index contributed by atoms with van der Waals surface area (Å²) >= 11 is 5.74. The second-order valence-corrected chi connectivity index (χ2v) is 4.53. The van der Waals surface area contributed by atoms with Crippen LogP contribution < -0.4 is 10.1 Å². The van der Waals surface area contributed by atoms with Crippen molar-refractivity contribution in [3.05, 3.63) is 29.0 Å². The van der Waals surface area contributed by atoms with Crippen LogP contribution in [0.15, 0.2) is 18.2 Å². The Kier molecular flexibility index (Phi) is 6.90. The monoisotopic (exact) mass is 319 g/mol. The summed E-state index contributed by atoms with van der Waals surface area (Å²) in [5.74, 6) is -1.82. The molecule has 8 heteroatoms. The van der Waals surface area contributed by atoms with Crippen LogP contribution in [0, 0.1) is 5.82 Å². The molecule has 1 aromatic carbocycles. The molecule has 0 spiro atoms. The molecule has 1 rings (SSSR count). The number of ether oxygens (including phenoxy) is 2. The first-order valence-corrected chi connectivity index (χ1v) is 6.39. The molecule has 0 aliphatic carbocycles. The van der Waals surface area contributed by atoms with Crippen LogP contribution in [0.3, 0.4) is 0 Å². The van der Waals surface area contributed by atoms with Crippen LogP contribution in [0.25, 0.3) is 0 Å². The Morgan fingerprint density at radius 3 is 2.76 bits per heavy atom. The van der Waals surface area contributed by atoms with Gasteiger partial charge in [-0.3, -0.25) is 9.59 Å². The maximum absolute atomic E-state index is 12.8. The van der Waals surface area contributed by atoms with Crippen LogP contribution in [0.1, 0.15) is 6.42 Å². The van der Waals surface area contributed by atoms with Crippen LogP contribution >= 0.6 is 11.6 Å². The van der Waals surface area contributed by atoms with Gasteiger partial charge in [0.1, 0.15) is 11.6 Å². The molecule has 0 bridgehead atoms. The van der Waals surface area contributed by atoms with E-state index in [1.807, 2.05) is 0 Å². The summed E-state index contributed by atoms with van der Waals surface area (Å²) in [4.78, 5) is 22.1. The fraction of sp³-hybridized carbons (Fsp3) is 0.385. The molecule has 0 saturated heterocycles. The smallest absolute Gasteiger partial charge is 0.306 e. The van der Waals surface area contributed by atoms with Crippen LogP contribution in [-0.4, -0.2) is 43.3 Å². The fourth-order valence-electron chi connectivity index (χ4n) is 1.45. The number of hydrogen-bond donors (Lipinski definition) is 2. The molecule has 0 heterocycles. The van der Waals surface area contributed by atoms with Crippen molar-refractivity contribution in [3.63, 3.8) is 0 Å². The Labute approximate surface area is 125 Å². The van der Waals surface area contributed by atoms with Gasteiger partial charge in [0.25, 0.3) is 5.91 Å². The highest BCUT2D eigenvalue weighted by atomic mass is 35.5. The second kappa shape index (κ2) is 8.43. The van der Waals surface area contributed by atoms with Gasteiger partial charge in [0.15, 0.2) is 6.61 Å². The Hall–Kier alpha value is -1.86. The molecule has 0 aliphatic rings. The van der Waals surface area contributed by atoms with E-state index in [4.69, 9.17) is 26.2 Å². The van der Waals surface area contributed by atoms with Gasteiger partial charge in [-0.25, -0.2) is 4.39 Å². The van der Waals surface area contributed by atoms with E-state index >= 15 is 0 Å². The molecule has 116 valence electrons. The number of nitrogens with one attached hydrogen (secondary N) is 1. The number of methoxy groups -OCH3 is 1. The number of amides is 1. The average Bonchev–Trinajstić information content (AvgIpc) is 2.42. The number of carbonyl (C=O) groups is 2. The summed E-state index contributed by atoms with van der Waals surface area (Å²) in [6, 6.07) is 3.54. The minimum Gasteiger partial charge on any atom is -0.482 e. The van der Waals surface area contributed by atoms with Crippen molar-refractivity contribution in [1.82, 2.24) is 5.32 Å². The minimum absolute atomic E-state index is 0.0438. The van der Waals surface area contributed by atoms with Gasteiger partial charge in [-0.15, -0.1) is 0 Å². The first kappa shape index (κ1) is 17.2. The molecular weight excluding hydrogens is 305 g/mol. The van der Waals surface area contributed by atoms with Gasteiger partial charge < -0.3 is 19.9 Å². The number of halogens is 2. The Morgan fingerprint density at radius 1 is 1.48 bits per heavy atom. The third-order valence-electron chi connectivity index (χ3n) is 2.52. The summed E-state index contributed by atoms with van der Waals surface area (Å²) in [7, 11) is 1.36. The molecule has 1 atom stereocenters. The van der Waals surface area contributed by atoms with Crippen molar-refractivity contribution in [2.45, 2.75) is 12.5 Å². The van der Waals surface area contributed by atoms with E-state index in [0.29, 0.717) is 0 Å². The number of carbonyl (C=O) groups excluding carboxylic acids is 1. The number of hydrogen-bond acceptors (Lipinski definition) is 4. The van der Waals surface area contributed by atoms with E-state index in [2.05, 4.69) is 5.32 Å². The maximum Gasteiger partial charge on any atom is 0.306 e. The molecule has 0 saturated carbocycles. The second-order valence-electron chi connectivity index (χ2n) is 4.12. The number of rotatable bonds is 8. The molecule has 0 fully saturated rings. The number of carboxylic acid groups (broad SMARTS) is 1. The molecule has 0 aliphatic heterocycles. The highest BCUT2D eigenvalue weighted by molar-refractivity contribution is 6.32. The first-order valence-electron chi connectivity index (χ1n) is 6.01. The van der Waals surface area contributed by atoms with Gasteiger partial charge in [0.2, 0.25) is 0 Å². The topological polar surface area (TPSA) is 84.9 Å². The van der Waals surface area contributed by atoms with E-state index < -0.39 is 23.8 Å². The lowest BCUT2D eigenvalue weighted by Crippen LogP contribution is -2.37. The lowest BCUT2D eigenvalue weighted by Gasteiger charge is -2.14. The zero-order valence-corrected chi connectivity index (χ0v) is 12.0. The Morgan fingerprint density at radius 2 is 2.19 bits per heavy atom. The fourth-order valence-corrected chi connectivity index (χ4v) is 1.67. The lowest BCUT2D eigenvalue weighted by molar-refractivity contribution is -0.140. The van der Waals surface area contributed by atoms with Crippen molar-refractivity contribution in [2.24, 2.45) is 0 Å². The standard InChI is InChI=1S/C13H15ClFNO5/c1-20-9(5-13(18)19)6-16-12(17)7-21-11-3-2-8(15)4-10(11)14/h2-4,9H,5-7H2,1H3,(H,16,17)(H,18,19). The maximum atomic E-state index is 12.8. The van der Waals surface area contributed by atoms with Crippen LogP contribution in [0.2, 0.25) is 5.02 Å². The van der Waals surface area contributed by atoms with Crippen molar-refractivity contribution in [1.29, 1.82) is 0 Å². The Bertz CT molecular complexity index is 511. The number of aliphatic carboxylic acids is 1. The highest BCUT2D eigenvalue weighted by Gasteiger charge is 2.14. The Balaban J connectivity index is 2.38. The molecule has 2 N–H and O–H groups in total. The zero-order chi connectivity index (χ0) is 15.8. The van der Waals surface area contributed by atoms with Crippen molar-refractivity contribution >= 4 is 23.5 Å². The van der Waals surface area contributed by atoms with E-state index in [1.165, 1.54) is 13.2 Å². The van der Waals surface area contributed by atoms with Gasteiger partial charge in [-0.05, 0) is 18.2 Å². The summed E-state index contributed by atoms with van der Waals surface area (Å²) in [5, 5.41) is 11.2. The third-order valence-corrected chi connectivity index (χ3v) is 2.81. The normalized spacial score (nSPS) is 11.8. The lowest BCUT2D eigenvalue weighted by atomic mass is 10.2.